The number of rotatable bonds is 11. The number of likely N-dealkylation sites (N-methyl/N-ethyl adjacent to an activating group) is 1. The molecule has 1 aromatic carbocycles. The maximum atomic E-state index is 4.36. The number of unbranched alkanes of at least 4 members (excludes halogenated alkanes) is 1. The van der Waals surface area contributed by atoms with Crippen LogP contribution in [0, 0.1) is 0 Å². The second-order valence-electron chi connectivity index (χ2n) is 8.32. The summed E-state index contributed by atoms with van der Waals surface area (Å²) < 4.78 is 0. The lowest BCUT2D eigenvalue weighted by Crippen LogP contribution is -2.44. The van der Waals surface area contributed by atoms with Gasteiger partial charge in [0.1, 0.15) is 0 Å². The molecule has 1 fully saturated rings. The average Bonchev–Trinajstić information content (AvgIpc) is 2.74. The predicted octanol–water partition coefficient (Wildman–Crippen LogP) is 2.71. The maximum Gasteiger partial charge on any atom is 0.190 e. The minimum Gasteiger partial charge on any atom is -0.356 e. The number of hydrogen-bond donors (Lipinski definition) is 2. The molecule has 0 aliphatic carbocycles. The molecule has 1 aliphatic heterocycles. The number of benzene rings is 1. The van der Waals surface area contributed by atoms with Gasteiger partial charge in [-0.2, -0.15) is 0 Å². The molecule has 1 unspecified atom stereocenters. The zero-order valence-electron chi connectivity index (χ0n) is 19.4. The second-order valence-corrected chi connectivity index (χ2v) is 8.32. The number of nitrogens with one attached hydrogen (secondary N) is 2. The Morgan fingerprint density at radius 3 is 2.40 bits per heavy atom. The van der Waals surface area contributed by atoms with Gasteiger partial charge in [0.05, 0.1) is 0 Å². The number of hydrogen-bond acceptors (Lipinski definition) is 4. The summed E-state index contributed by atoms with van der Waals surface area (Å²) in [5, 5.41) is 6.92. The standard InChI is InChI=1S/C23H42N6.HI/c1-21(28(4)20-22-10-6-5-7-11-22)12-14-26-23(24-2)25-13-8-9-15-29-18-16-27(3)17-19-29;/h5-7,10-11,21H,8-9,12-20H2,1-4H3,(H2,24,25,26);1H. The lowest BCUT2D eigenvalue weighted by atomic mass is 10.1. The van der Waals surface area contributed by atoms with Crippen molar-refractivity contribution in [3.05, 3.63) is 35.9 Å². The summed E-state index contributed by atoms with van der Waals surface area (Å²) in [5.74, 6) is 0.919. The van der Waals surface area contributed by atoms with Crippen molar-refractivity contribution in [2.75, 3.05) is 67.0 Å². The normalized spacial score (nSPS) is 16.9. The van der Waals surface area contributed by atoms with Crippen LogP contribution in [-0.4, -0.2) is 93.7 Å². The summed E-state index contributed by atoms with van der Waals surface area (Å²) >= 11 is 0. The van der Waals surface area contributed by atoms with Gasteiger partial charge in [-0.25, -0.2) is 0 Å². The van der Waals surface area contributed by atoms with Crippen LogP contribution in [-0.2, 0) is 6.54 Å². The van der Waals surface area contributed by atoms with E-state index in [2.05, 4.69) is 81.7 Å². The van der Waals surface area contributed by atoms with E-state index in [4.69, 9.17) is 0 Å². The molecule has 30 heavy (non-hydrogen) atoms. The van der Waals surface area contributed by atoms with Crippen LogP contribution in [0.3, 0.4) is 0 Å². The Bertz CT molecular complexity index is 574. The predicted molar refractivity (Wildman–Crippen MR) is 140 cm³/mol. The fourth-order valence-corrected chi connectivity index (χ4v) is 3.61. The van der Waals surface area contributed by atoms with Crippen molar-refractivity contribution < 1.29 is 0 Å². The highest BCUT2D eigenvalue weighted by Crippen LogP contribution is 2.08. The van der Waals surface area contributed by atoms with Crippen LogP contribution >= 0.6 is 24.0 Å². The quantitative estimate of drug-likeness (QED) is 0.200. The van der Waals surface area contributed by atoms with Gasteiger partial charge in [-0.1, -0.05) is 30.3 Å². The van der Waals surface area contributed by atoms with E-state index in [9.17, 15) is 0 Å². The number of guanidine groups is 1. The van der Waals surface area contributed by atoms with Crippen LogP contribution in [0.4, 0.5) is 0 Å². The minimum absolute atomic E-state index is 0. The summed E-state index contributed by atoms with van der Waals surface area (Å²) in [4.78, 5) is 11.8. The Morgan fingerprint density at radius 2 is 1.73 bits per heavy atom. The lowest BCUT2D eigenvalue weighted by Gasteiger charge is -2.32. The maximum absolute atomic E-state index is 4.36. The number of aliphatic imine (C=N–C) groups is 1. The molecule has 0 saturated carbocycles. The first-order valence-electron chi connectivity index (χ1n) is 11.2. The van der Waals surface area contributed by atoms with Crippen molar-refractivity contribution in [1.82, 2.24) is 25.3 Å². The third-order valence-electron chi connectivity index (χ3n) is 5.89. The van der Waals surface area contributed by atoms with Gasteiger partial charge in [0.25, 0.3) is 0 Å². The SMILES string of the molecule is CN=C(NCCCCN1CCN(C)CC1)NCCC(C)N(C)Cc1ccccc1.I. The molecule has 0 bridgehead atoms. The van der Waals surface area contributed by atoms with Gasteiger partial charge in [-0.15, -0.1) is 24.0 Å². The van der Waals surface area contributed by atoms with Crippen molar-refractivity contribution in [3.8, 4) is 0 Å². The molecule has 6 nitrogen and oxygen atoms in total. The molecule has 1 atom stereocenters. The van der Waals surface area contributed by atoms with Gasteiger partial charge in [-0.05, 0) is 52.4 Å². The van der Waals surface area contributed by atoms with E-state index >= 15 is 0 Å². The van der Waals surface area contributed by atoms with E-state index in [0.717, 1.165) is 32.0 Å². The largest absolute Gasteiger partial charge is 0.356 e. The highest BCUT2D eigenvalue weighted by atomic mass is 127. The van der Waals surface area contributed by atoms with Crippen LogP contribution in [0.15, 0.2) is 35.3 Å². The topological polar surface area (TPSA) is 46.1 Å². The molecule has 1 aliphatic rings. The zero-order chi connectivity index (χ0) is 20.9. The second kappa shape index (κ2) is 15.8. The first kappa shape index (κ1) is 27.1. The molecule has 0 spiro atoms. The molecule has 172 valence electrons. The van der Waals surface area contributed by atoms with E-state index in [1.165, 1.54) is 51.1 Å². The van der Waals surface area contributed by atoms with Crippen LogP contribution in [0.25, 0.3) is 0 Å². The molecule has 2 N–H and O–H groups in total. The Hall–Kier alpha value is -0.900. The first-order chi connectivity index (χ1) is 14.1. The fourth-order valence-electron chi connectivity index (χ4n) is 3.61. The number of nitrogens with zero attached hydrogens (tertiary/aromatic N) is 4. The highest BCUT2D eigenvalue weighted by Gasteiger charge is 2.13. The Kier molecular flexibility index (Phi) is 14.3. The van der Waals surface area contributed by atoms with Gasteiger partial charge in [0.2, 0.25) is 0 Å². The summed E-state index contributed by atoms with van der Waals surface area (Å²) in [7, 11) is 6.26. The summed E-state index contributed by atoms with van der Waals surface area (Å²) in [5.41, 5.74) is 1.36. The average molecular weight is 531 g/mol. The third-order valence-corrected chi connectivity index (χ3v) is 5.89. The third kappa shape index (κ3) is 10.9. The van der Waals surface area contributed by atoms with Gasteiger partial charge < -0.3 is 20.4 Å². The van der Waals surface area contributed by atoms with Crippen LogP contribution in [0.1, 0.15) is 31.7 Å². The Balaban J connectivity index is 0.00000450. The van der Waals surface area contributed by atoms with Crippen molar-refractivity contribution in [2.24, 2.45) is 4.99 Å². The minimum atomic E-state index is 0. The van der Waals surface area contributed by atoms with Crippen LogP contribution in [0.2, 0.25) is 0 Å². The summed E-state index contributed by atoms with van der Waals surface area (Å²) in [6.45, 7) is 11.2. The molecular weight excluding hydrogens is 487 g/mol. The number of piperazine rings is 1. The summed E-state index contributed by atoms with van der Waals surface area (Å²) in [6, 6.07) is 11.2. The van der Waals surface area contributed by atoms with Crippen molar-refractivity contribution >= 4 is 29.9 Å². The van der Waals surface area contributed by atoms with Crippen molar-refractivity contribution in [3.63, 3.8) is 0 Å². The molecule has 2 rings (SSSR count). The smallest absolute Gasteiger partial charge is 0.190 e. The van der Waals surface area contributed by atoms with E-state index < -0.39 is 0 Å². The van der Waals surface area contributed by atoms with Gasteiger partial charge in [-0.3, -0.25) is 9.89 Å². The van der Waals surface area contributed by atoms with Crippen LogP contribution in [0.5, 0.6) is 0 Å². The van der Waals surface area contributed by atoms with E-state index in [0.29, 0.717) is 6.04 Å². The van der Waals surface area contributed by atoms with E-state index in [1.807, 2.05) is 7.05 Å². The van der Waals surface area contributed by atoms with Crippen molar-refractivity contribution in [2.45, 2.75) is 38.8 Å². The molecule has 1 aromatic rings. The fraction of sp³-hybridized carbons (Fsp3) is 0.696. The van der Waals surface area contributed by atoms with Crippen LogP contribution < -0.4 is 10.6 Å². The molecule has 0 aromatic heterocycles. The molecule has 0 radical (unpaired) electrons. The first-order valence-corrected chi connectivity index (χ1v) is 11.2. The van der Waals surface area contributed by atoms with E-state index in [1.54, 1.807) is 0 Å². The van der Waals surface area contributed by atoms with Gasteiger partial charge in [0.15, 0.2) is 5.96 Å². The number of halogens is 1. The highest BCUT2D eigenvalue weighted by molar-refractivity contribution is 14.0. The molecule has 1 heterocycles. The Morgan fingerprint density at radius 1 is 1.07 bits per heavy atom. The zero-order valence-corrected chi connectivity index (χ0v) is 21.8. The molecule has 1 saturated heterocycles. The van der Waals surface area contributed by atoms with Gasteiger partial charge >= 0.3 is 0 Å². The van der Waals surface area contributed by atoms with Gasteiger partial charge in [0, 0.05) is 58.9 Å². The molecule has 7 heteroatoms. The summed E-state index contributed by atoms with van der Waals surface area (Å²) in [6.07, 6.45) is 3.52. The monoisotopic (exact) mass is 530 g/mol. The van der Waals surface area contributed by atoms with E-state index in [-0.39, 0.29) is 24.0 Å². The Labute approximate surface area is 201 Å². The lowest BCUT2D eigenvalue weighted by molar-refractivity contribution is 0.152. The molecular formula is C23H43IN6. The van der Waals surface area contributed by atoms with Crippen molar-refractivity contribution in [1.29, 1.82) is 0 Å². The molecule has 0 amide bonds.